The largest absolute Gasteiger partial charge is 0.368 e. The molecule has 0 aliphatic carbocycles. The maximum atomic E-state index is 13.1. The number of benzene rings is 2. The van der Waals surface area contributed by atoms with E-state index in [1.807, 2.05) is 43.3 Å². The fraction of sp³-hybridized carbons (Fsp3) is 0.273. The second-order valence-corrected chi connectivity index (χ2v) is 10.0. The Hall–Kier alpha value is -2.56. The van der Waals surface area contributed by atoms with Crippen LogP contribution >= 0.6 is 34.4 Å². The van der Waals surface area contributed by atoms with Gasteiger partial charge in [-0.25, -0.2) is 0 Å². The molecule has 34 heavy (non-hydrogen) atoms. The molecular formula is C22H23Cl2F3N6S. The number of hydrogen-bond donors (Lipinski definition) is 1. The summed E-state index contributed by atoms with van der Waals surface area (Å²) in [7, 11) is 3.73. The van der Waals surface area contributed by atoms with Crippen molar-refractivity contribution < 1.29 is 11.7 Å². The highest BCUT2D eigenvalue weighted by molar-refractivity contribution is 8.21. The number of piperazine rings is 1. The first-order valence-corrected chi connectivity index (χ1v) is 12.5. The molecule has 0 bridgehead atoms. The molecule has 6 nitrogen and oxygen atoms in total. The molecule has 3 aromatic rings. The molecule has 4 rings (SSSR count). The fourth-order valence-electron chi connectivity index (χ4n) is 3.59. The van der Waals surface area contributed by atoms with Crippen LogP contribution < -0.4 is 20.0 Å². The van der Waals surface area contributed by atoms with Crippen molar-refractivity contribution in [3.63, 3.8) is 0 Å². The van der Waals surface area contributed by atoms with Crippen molar-refractivity contribution >= 4 is 63.3 Å². The minimum atomic E-state index is -5.40. The van der Waals surface area contributed by atoms with E-state index in [0.29, 0.717) is 41.4 Å². The van der Waals surface area contributed by atoms with Crippen LogP contribution in [0.3, 0.4) is 0 Å². The van der Waals surface area contributed by atoms with E-state index < -0.39 is 16.1 Å². The molecule has 2 aromatic carbocycles. The zero-order valence-corrected chi connectivity index (χ0v) is 20.8. The van der Waals surface area contributed by atoms with Crippen LogP contribution in [-0.4, -0.2) is 50.2 Å². The van der Waals surface area contributed by atoms with Gasteiger partial charge in [-0.1, -0.05) is 23.2 Å². The summed E-state index contributed by atoms with van der Waals surface area (Å²) in [4.78, 5) is 14.7. The maximum absolute atomic E-state index is 13.1. The Morgan fingerprint density at radius 2 is 1.53 bits per heavy atom. The quantitative estimate of drug-likeness (QED) is 0.381. The van der Waals surface area contributed by atoms with Gasteiger partial charge in [0.25, 0.3) is 0 Å². The van der Waals surface area contributed by atoms with Crippen LogP contribution in [0.1, 0.15) is 0 Å². The third-order valence-corrected chi connectivity index (χ3v) is 6.90. The molecule has 1 aromatic heterocycles. The minimum absolute atomic E-state index is 0.340. The van der Waals surface area contributed by atoms with Crippen molar-refractivity contribution in [2.75, 3.05) is 60.3 Å². The first-order chi connectivity index (χ1) is 16.1. The van der Waals surface area contributed by atoms with E-state index in [2.05, 4.69) is 25.1 Å². The minimum Gasteiger partial charge on any atom is -0.368 e. The van der Waals surface area contributed by atoms with Crippen LogP contribution in [0.5, 0.6) is 0 Å². The SMILES string of the molecule is CN(C)c1cc(Nc2ccc(S(F)(F)F)c(Cl)c2)nc(N2CCN(c3ccc(Cl)cc3)CC2)n1. The first-order valence-electron chi connectivity index (χ1n) is 10.4. The number of anilines is 5. The third-order valence-electron chi connectivity index (χ3n) is 5.37. The lowest BCUT2D eigenvalue weighted by atomic mass is 10.2. The average molecular weight is 531 g/mol. The summed E-state index contributed by atoms with van der Waals surface area (Å²) >= 11 is 6.48. The van der Waals surface area contributed by atoms with Gasteiger partial charge in [0, 0.05) is 62.7 Å². The molecule has 0 saturated carbocycles. The monoisotopic (exact) mass is 530 g/mol. The fourth-order valence-corrected chi connectivity index (χ4v) is 4.66. The molecule has 0 spiro atoms. The average Bonchev–Trinajstić information content (AvgIpc) is 2.79. The van der Waals surface area contributed by atoms with E-state index in [4.69, 9.17) is 23.2 Å². The molecule has 1 saturated heterocycles. The highest BCUT2D eigenvalue weighted by atomic mass is 35.5. The van der Waals surface area contributed by atoms with Gasteiger partial charge < -0.3 is 20.0 Å². The zero-order valence-electron chi connectivity index (χ0n) is 18.5. The molecule has 1 aliphatic heterocycles. The van der Waals surface area contributed by atoms with Gasteiger partial charge in [-0.2, -0.15) is 9.97 Å². The normalized spacial score (nSPS) is 14.8. The Labute approximate surface area is 208 Å². The Morgan fingerprint density at radius 3 is 2.12 bits per heavy atom. The number of aromatic nitrogens is 2. The van der Waals surface area contributed by atoms with Crippen LogP contribution in [0.2, 0.25) is 10.0 Å². The molecule has 1 N–H and O–H groups in total. The van der Waals surface area contributed by atoms with Crippen molar-refractivity contribution in [3.8, 4) is 0 Å². The summed E-state index contributed by atoms with van der Waals surface area (Å²) in [6.07, 6.45) is 0. The van der Waals surface area contributed by atoms with Gasteiger partial charge in [0.15, 0.2) is 0 Å². The molecule has 0 radical (unpaired) electrons. The molecular weight excluding hydrogens is 508 g/mol. The van der Waals surface area contributed by atoms with Crippen molar-refractivity contribution in [1.29, 1.82) is 0 Å². The number of nitrogens with zero attached hydrogens (tertiary/aromatic N) is 5. The number of rotatable bonds is 6. The van der Waals surface area contributed by atoms with E-state index in [1.54, 1.807) is 6.07 Å². The molecule has 12 heteroatoms. The summed E-state index contributed by atoms with van der Waals surface area (Å²) < 4.78 is 39.3. The molecule has 1 fully saturated rings. The molecule has 0 amide bonds. The van der Waals surface area contributed by atoms with Crippen LogP contribution in [-0.2, 0) is 0 Å². The van der Waals surface area contributed by atoms with Gasteiger partial charge in [-0.3, -0.25) is 0 Å². The Kier molecular flexibility index (Phi) is 7.20. The Bertz CT molecular complexity index is 1150. The maximum Gasteiger partial charge on any atom is 0.239 e. The lowest BCUT2D eigenvalue weighted by Crippen LogP contribution is -2.47. The topological polar surface area (TPSA) is 47.5 Å². The summed E-state index contributed by atoms with van der Waals surface area (Å²) in [5.41, 5.74) is 1.52. The van der Waals surface area contributed by atoms with Crippen LogP contribution in [0, 0.1) is 0 Å². The highest BCUT2D eigenvalue weighted by Gasteiger charge is 2.27. The standard InChI is InChI=1S/C22H23Cl2F3N6S/c1-31(2)21-14-20(28-16-5-8-19(18(24)13-16)34(25,26)27)29-22(30-21)33-11-9-32(10-12-33)17-6-3-15(23)4-7-17/h3-8,13-14H,9-12H2,1-2H3,(H,28,29,30). The van der Waals surface area contributed by atoms with Crippen LogP contribution in [0.4, 0.5) is 40.6 Å². The lowest BCUT2D eigenvalue weighted by molar-refractivity contribution is 0.633. The summed E-state index contributed by atoms with van der Waals surface area (Å²) in [5, 5.41) is 3.43. The van der Waals surface area contributed by atoms with E-state index in [1.165, 1.54) is 12.1 Å². The first kappa shape index (κ1) is 24.6. The van der Waals surface area contributed by atoms with E-state index in [-0.39, 0.29) is 5.02 Å². The second kappa shape index (κ2) is 9.97. The van der Waals surface area contributed by atoms with Crippen LogP contribution in [0.15, 0.2) is 53.4 Å². The second-order valence-electron chi connectivity index (χ2n) is 7.93. The number of hydrogen-bond acceptors (Lipinski definition) is 6. The lowest BCUT2D eigenvalue weighted by Gasteiger charge is -2.36. The van der Waals surface area contributed by atoms with Crippen molar-refractivity contribution in [2.45, 2.75) is 4.90 Å². The van der Waals surface area contributed by atoms with E-state index >= 15 is 0 Å². The van der Waals surface area contributed by atoms with Gasteiger partial charge in [0.1, 0.15) is 11.6 Å². The Morgan fingerprint density at radius 1 is 0.882 bits per heavy atom. The Balaban J connectivity index is 1.53. The van der Waals surface area contributed by atoms with Crippen LogP contribution in [0.25, 0.3) is 0 Å². The van der Waals surface area contributed by atoms with Gasteiger partial charge in [-0.15, -0.1) is 11.7 Å². The molecule has 2 heterocycles. The highest BCUT2D eigenvalue weighted by Crippen LogP contribution is 2.62. The van der Waals surface area contributed by atoms with E-state index in [0.717, 1.165) is 24.8 Å². The smallest absolute Gasteiger partial charge is 0.239 e. The summed E-state index contributed by atoms with van der Waals surface area (Å²) in [6, 6.07) is 13.1. The van der Waals surface area contributed by atoms with Gasteiger partial charge >= 0.3 is 0 Å². The molecule has 0 unspecified atom stereocenters. The summed E-state index contributed by atoms with van der Waals surface area (Å²) in [5.74, 6) is 1.69. The van der Waals surface area contributed by atoms with Gasteiger partial charge in [-0.05, 0) is 42.5 Å². The molecule has 182 valence electrons. The predicted octanol–water partition coefficient (Wildman–Crippen LogP) is 6.74. The molecule has 1 aliphatic rings. The summed E-state index contributed by atoms with van der Waals surface area (Å²) in [6.45, 7) is 3.01. The zero-order chi connectivity index (χ0) is 24.5. The van der Waals surface area contributed by atoms with Crippen molar-refractivity contribution in [3.05, 3.63) is 58.6 Å². The van der Waals surface area contributed by atoms with E-state index in [9.17, 15) is 11.7 Å². The van der Waals surface area contributed by atoms with Crippen molar-refractivity contribution in [1.82, 2.24) is 9.97 Å². The third kappa shape index (κ3) is 5.73. The van der Waals surface area contributed by atoms with Gasteiger partial charge in [0.2, 0.25) is 17.1 Å². The predicted molar refractivity (Wildman–Crippen MR) is 136 cm³/mol. The number of nitrogens with one attached hydrogen (secondary N) is 1. The van der Waals surface area contributed by atoms with Gasteiger partial charge in [0.05, 0.1) is 9.92 Å². The van der Waals surface area contributed by atoms with Crippen molar-refractivity contribution in [2.24, 2.45) is 0 Å². The number of halogens is 5. The molecule has 0 atom stereocenters.